The monoisotopic (exact) mass is 408 g/mol. The molecule has 1 atom stereocenters. The maximum atomic E-state index is 12.6. The van der Waals surface area contributed by atoms with Gasteiger partial charge in [-0.05, 0) is 36.1 Å². The number of carbonyl (C=O) groups is 1. The van der Waals surface area contributed by atoms with Crippen molar-refractivity contribution in [2.45, 2.75) is 39.7 Å². The summed E-state index contributed by atoms with van der Waals surface area (Å²) in [4.78, 5) is 36.0. The minimum Gasteiger partial charge on any atom is -0.353 e. The lowest BCUT2D eigenvalue weighted by molar-refractivity contribution is -0.133. The minimum atomic E-state index is -0.174. The highest BCUT2D eigenvalue weighted by Crippen LogP contribution is 2.25. The molecule has 0 saturated carbocycles. The highest BCUT2D eigenvalue weighted by molar-refractivity contribution is 5.77. The second-order valence-electron chi connectivity index (χ2n) is 9.15. The van der Waals surface area contributed by atoms with Gasteiger partial charge in [-0.2, -0.15) is 0 Å². The highest BCUT2D eigenvalue weighted by atomic mass is 16.2. The average molecular weight is 409 g/mol. The molecule has 0 aliphatic carbocycles. The van der Waals surface area contributed by atoms with E-state index in [4.69, 9.17) is 5.10 Å². The molecule has 3 aromatic heterocycles. The van der Waals surface area contributed by atoms with E-state index in [-0.39, 0.29) is 22.9 Å². The Hall–Kier alpha value is -3.16. The number of aromatic nitrogens is 4. The van der Waals surface area contributed by atoms with Crippen molar-refractivity contribution >= 4 is 17.4 Å². The Balaban J connectivity index is 1.56. The number of hydrogen-bond acceptors (Lipinski definition) is 5. The Bertz CT molecular complexity index is 1130. The molecule has 4 rings (SSSR count). The Morgan fingerprint density at radius 3 is 2.83 bits per heavy atom. The average Bonchev–Trinajstić information content (AvgIpc) is 3.33. The lowest BCUT2D eigenvalue weighted by atomic mass is 9.91. The quantitative estimate of drug-likeness (QED) is 0.717. The Morgan fingerprint density at radius 2 is 2.10 bits per heavy atom. The van der Waals surface area contributed by atoms with E-state index >= 15 is 0 Å². The van der Waals surface area contributed by atoms with Crippen molar-refractivity contribution in [3.8, 4) is 11.3 Å². The third-order valence-corrected chi connectivity index (χ3v) is 5.55. The van der Waals surface area contributed by atoms with E-state index in [1.165, 1.54) is 0 Å². The molecule has 8 nitrogen and oxygen atoms in total. The number of rotatable bonds is 4. The van der Waals surface area contributed by atoms with Crippen molar-refractivity contribution in [3.63, 3.8) is 0 Å². The molecule has 0 spiro atoms. The first kappa shape index (κ1) is 20.1. The van der Waals surface area contributed by atoms with Gasteiger partial charge in [-0.15, -0.1) is 5.10 Å². The number of nitrogens with zero attached hydrogens (tertiary/aromatic N) is 5. The first-order chi connectivity index (χ1) is 14.2. The van der Waals surface area contributed by atoms with Crippen molar-refractivity contribution in [1.82, 2.24) is 24.5 Å². The van der Waals surface area contributed by atoms with Gasteiger partial charge in [0.15, 0.2) is 5.65 Å². The minimum absolute atomic E-state index is 0.0245. The van der Waals surface area contributed by atoms with Crippen molar-refractivity contribution in [1.29, 1.82) is 0 Å². The molecule has 1 saturated heterocycles. The van der Waals surface area contributed by atoms with E-state index in [1.54, 1.807) is 29.0 Å². The van der Waals surface area contributed by atoms with E-state index in [0.29, 0.717) is 23.3 Å². The summed E-state index contributed by atoms with van der Waals surface area (Å²) in [6.45, 7) is 7.81. The number of anilines is 1. The van der Waals surface area contributed by atoms with Gasteiger partial charge in [-0.1, -0.05) is 20.8 Å². The molecule has 1 unspecified atom stereocenters. The SMILES string of the molecule is CN(C(=O)CC(C)(C)C)C1CCN(c2ccc3ncc(-c4ccc[nH]c4=O)n3n2)C1. The van der Waals surface area contributed by atoms with Gasteiger partial charge in [0.05, 0.1) is 23.5 Å². The van der Waals surface area contributed by atoms with Crippen LogP contribution in [0.25, 0.3) is 16.9 Å². The number of imidazole rings is 1. The first-order valence-corrected chi connectivity index (χ1v) is 10.3. The van der Waals surface area contributed by atoms with Crippen LogP contribution in [0, 0.1) is 5.41 Å². The summed E-state index contributed by atoms with van der Waals surface area (Å²) in [5.74, 6) is 0.992. The third-order valence-electron chi connectivity index (χ3n) is 5.55. The molecule has 8 heteroatoms. The van der Waals surface area contributed by atoms with Gasteiger partial charge in [-0.3, -0.25) is 9.59 Å². The number of H-pyrrole nitrogens is 1. The first-order valence-electron chi connectivity index (χ1n) is 10.3. The second-order valence-corrected chi connectivity index (χ2v) is 9.15. The zero-order valence-corrected chi connectivity index (χ0v) is 17.9. The van der Waals surface area contributed by atoms with Gasteiger partial charge in [0.25, 0.3) is 5.56 Å². The van der Waals surface area contributed by atoms with Crippen LogP contribution in [0.5, 0.6) is 0 Å². The standard InChI is InChI=1S/C22H28N6O2/c1-22(2,3)12-20(29)26(4)15-9-11-27(14-15)19-8-7-18-24-13-17(28(18)25-19)16-6-5-10-23-21(16)30/h5-8,10,13,15H,9,11-12,14H2,1-4H3,(H,23,30). The number of hydrogen-bond donors (Lipinski definition) is 1. The molecule has 0 radical (unpaired) electrons. The molecule has 158 valence electrons. The summed E-state index contributed by atoms with van der Waals surface area (Å²) in [6.07, 6.45) is 4.72. The fourth-order valence-electron chi connectivity index (χ4n) is 3.89. The van der Waals surface area contributed by atoms with Crippen molar-refractivity contribution in [2.75, 3.05) is 25.0 Å². The van der Waals surface area contributed by atoms with Gasteiger partial charge in [-0.25, -0.2) is 9.50 Å². The molecule has 1 fully saturated rings. The van der Waals surface area contributed by atoms with E-state index in [1.807, 2.05) is 24.1 Å². The van der Waals surface area contributed by atoms with Crippen LogP contribution in [0.15, 0.2) is 41.5 Å². The molecule has 1 N–H and O–H groups in total. The lowest BCUT2D eigenvalue weighted by Crippen LogP contribution is -2.40. The molecule has 4 heterocycles. The predicted octanol–water partition coefficient (Wildman–Crippen LogP) is 2.56. The number of pyridine rings is 1. The fraction of sp³-hybridized carbons (Fsp3) is 0.455. The number of fused-ring (bicyclic) bond motifs is 1. The second kappa shape index (κ2) is 7.59. The molecule has 0 bridgehead atoms. The molecule has 3 aromatic rings. The van der Waals surface area contributed by atoms with Gasteiger partial charge >= 0.3 is 0 Å². The maximum Gasteiger partial charge on any atom is 0.257 e. The van der Waals surface area contributed by atoms with E-state index in [2.05, 4.69) is 35.6 Å². The van der Waals surface area contributed by atoms with Gasteiger partial charge in [0.1, 0.15) is 5.82 Å². The van der Waals surface area contributed by atoms with Crippen LogP contribution >= 0.6 is 0 Å². The van der Waals surface area contributed by atoms with Crippen LogP contribution < -0.4 is 10.5 Å². The summed E-state index contributed by atoms with van der Waals surface area (Å²) in [7, 11) is 1.90. The summed E-state index contributed by atoms with van der Waals surface area (Å²) in [5.41, 5.74) is 1.67. The summed E-state index contributed by atoms with van der Waals surface area (Å²) >= 11 is 0. The van der Waals surface area contributed by atoms with Crippen LogP contribution in [0.4, 0.5) is 5.82 Å². The molecule has 0 aromatic carbocycles. The molecule has 30 heavy (non-hydrogen) atoms. The number of amides is 1. The van der Waals surface area contributed by atoms with E-state index < -0.39 is 0 Å². The van der Waals surface area contributed by atoms with Gasteiger partial charge in [0.2, 0.25) is 5.91 Å². The van der Waals surface area contributed by atoms with Crippen molar-refractivity contribution < 1.29 is 4.79 Å². The number of likely N-dealkylation sites (N-methyl/N-ethyl adjacent to an activating group) is 1. The fourth-order valence-corrected chi connectivity index (χ4v) is 3.89. The van der Waals surface area contributed by atoms with Crippen molar-refractivity contribution in [2.24, 2.45) is 5.41 Å². The maximum absolute atomic E-state index is 12.6. The number of nitrogens with one attached hydrogen (secondary N) is 1. The third kappa shape index (κ3) is 3.94. The summed E-state index contributed by atoms with van der Waals surface area (Å²) < 4.78 is 1.71. The Morgan fingerprint density at radius 1 is 1.30 bits per heavy atom. The topological polar surface area (TPSA) is 86.6 Å². The predicted molar refractivity (Wildman–Crippen MR) is 117 cm³/mol. The molecule has 1 aliphatic heterocycles. The zero-order valence-electron chi connectivity index (χ0n) is 17.9. The van der Waals surface area contributed by atoms with Crippen LogP contribution in [-0.4, -0.2) is 56.6 Å². The summed E-state index contributed by atoms with van der Waals surface area (Å²) in [6, 6.07) is 7.57. The van der Waals surface area contributed by atoms with Crippen molar-refractivity contribution in [3.05, 3.63) is 47.0 Å². The molecular weight excluding hydrogens is 380 g/mol. The normalized spacial score (nSPS) is 16.9. The van der Waals surface area contributed by atoms with Crippen LogP contribution in [0.2, 0.25) is 0 Å². The van der Waals surface area contributed by atoms with Crippen LogP contribution in [0.1, 0.15) is 33.6 Å². The molecule has 1 amide bonds. The van der Waals surface area contributed by atoms with Gasteiger partial charge < -0.3 is 14.8 Å². The Labute approximate surface area is 175 Å². The molecule has 1 aliphatic rings. The molecular formula is C22H28N6O2. The summed E-state index contributed by atoms with van der Waals surface area (Å²) in [5, 5.41) is 4.76. The Kier molecular flexibility index (Phi) is 5.09. The number of aromatic amines is 1. The van der Waals surface area contributed by atoms with Crippen LogP contribution in [0.3, 0.4) is 0 Å². The van der Waals surface area contributed by atoms with E-state index in [9.17, 15) is 9.59 Å². The van der Waals surface area contributed by atoms with Crippen LogP contribution in [-0.2, 0) is 4.79 Å². The van der Waals surface area contributed by atoms with Gasteiger partial charge in [0, 0.05) is 32.8 Å². The largest absolute Gasteiger partial charge is 0.353 e. The zero-order chi connectivity index (χ0) is 21.5. The lowest BCUT2D eigenvalue weighted by Gasteiger charge is -2.28. The number of carbonyl (C=O) groups excluding carboxylic acids is 1. The highest BCUT2D eigenvalue weighted by Gasteiger charge is 2.31. The van der Waals surface area contributed by atoms with E-state index in [0.717, 1.165) is 25.3 Å². The smallest absolute Gasteiger partial charge is 0.257 e.